The molecule has 0 atom stereocenters. The normalized spacial score (nSPS) is 11.3. The van der Waals surface area contributed by atoms with Crippen molar-refractivity contribution in [3.05, 3.63) is 84.6 Å². The topological polar surface area (TPSA) is 51.3 Å². The molecular weight excluding hydrogens is 350 g/mol. The highest BCUT2D eigenvalue weighted by Crippen LogP contribution is 2.20. The Morgan fingerprint density at radius 3 is 2.57 bits per heavy atom. The fourth-order valence-corrected chi connectivity index (χ4v) is 3.26. The Balaban J connectivity index is 1.68. The molecule has 0 saturated carbocycles. The number of para-hydroxylation sites is 3. The molecule has 0 aliphatic carbocycles. The van der Waals surface area contributed by atoms with E-state index in [1.54, 1.807) is 11.2 Å². The number of likely N-dealkylation sites (N-methyl/N-ethyl adjacent to an activating group) is 1. The monoisotopic (exact) mass is 371 g/mol. The van der Waals surface area contributed by atoms with Crippen molar-refractivity contribution in [2.75, 3.05) is 11.4 Å². The number of amides is 1. The average molecular weight is 371 g/mol. The molecule has 0 aliphatic rings. The van der Waals surface area contributed by atoms with Crippen LogP contribution in [-0.4, -0.2) is 22.0 Å². The van der Waals surface area contributed by atoms with Crippen LogP contribution in [-0.2, 0) is 11.3 Å². The summed E-state index contributed by atoms with van der Waals surface area (Å²) in [6.07, 6.45) is 5.37. The second kappa shape index (κ2) is 7.96. The van der Waals surface area contributed by atoms with E-state index in [1.165, 1.54) is 0 Å². The van der Waals surface area contributed by atoms with Gasteiger partial charge in [-0.25, -0.2) is 4.98 Å². The van der Waals surface area contributed by atoms with E-state index >= 15 is 0 Å². The first-order valence-electron chi connectivity index (χ1n) is 9.28. The van der Waals surface area contributed by atoms with Crippen molar-refractivity contribution in [3.63, 3.8) is 0 Å². The molecule has 0 spiro atoms. The Bertz CT molecular complexity index is 1100. The molecule has 5 nitrogen and oxygen atoms in total. The summed E-state index contributed by atoms with van der Waals surface area (Å²) in [5, 5.41) is 0. The third-order valence-corrected chi connectivity index (χ3v) is 4.60. The van der Waals surface area contributed by atoms with Gasteiger partial charge in [-0.15, -0.1) is 0 Å². The Kier molecular flexibility index (Phi) is 5.06. The van der Waals surface area contributed by atoms with Crippen LogP contribution in [0.2, 0.25) is 0 Å². The Labute approximate surface area is 163 Å². The Morgan fingerprint density at radius 1 is 1.04 bits per heavy atom. The van der Waals surface area contributed by atoms with Crippen LogP contribution in [0.15, 0.2) is 77.4 Å². The van der Waals surface area contributed by atoms with Crippen molar-refractivity contribution < 1.29 is 9.21 Å². The molecule has 0 fully saturated rings. The number of imidazole rings is 1. The van der Waals surface area contributed by atoms with E-state index in [2.05, 4.69) is 4.98 Å². The molecule has 0 radical (unpaired) electrons. The number of hydrogen-bond acceptors (Lipinski definition) is 3. The minimum atomic E-state index is 0.0181. The molecule has 140 valence electrons. The molecular formula is C23H21N3O2. The third kappa shape index (κ3) is 3.60. The van der Waals surface area contributed by atoms with Gasteiger partial charge in [0.2, 0.25) is 5.91 Å². The zero-order valence-corrected chi connectivity index (χ0v) is 15.7. The second-order valence-electron chi connectivity index (χ2n) is 6.37. The molecule has 0 bridgehead atoms. The van der Waals surface area contributed by atoms with Gasteiger partial charge in [-0.3, -0.25) is 4.79 Å². The van der Waals surface area contributed by atoms with Gasteiger partial charge in [0.25, 0.3) is 0 Å². The maximum atomic E-state index is 13.1. The number of anilines is 1. The average Bonchev–Trinajstić information content (AvgIpc) is 3.36. The van der Waals surface area contributed by atoms with E-state index in [4.69, 9.17) is 4.42 Å². The summed E-state index contributed by atoms with van der Waals surface area (Å²) in [5.74, 6) is 1.48. The van der Waals surface area contributed by atoms with Crippen molar-refractivity contribution in [1.29, 1.82) is 0 Å². The van der Waals surface area contributed by atoms with Crippen molar-refractivity contribution in [2.45, 2.75) is 13.5 Å². The lowest BCUT2D eigenvalue weighted by Gasteiger charge is -2.21. The summed E-state index contributed by atoms with van der Waals surface area (Å²) in [7, 11) is 0. The summed E-state index contributed by atoms with van der Waals surface area (Å²) in [6.45, 7) is 2.79. The number of aromatic nitrogens is 2. The van der Waals surface area contributed by atoms with Gasteiger partial charge in [0, 0.05) is 12.2 Å². The first-order valence-corrected chi connectivity index (χ1v) is 9.28. The van der Waals surface area contributed by atoms with Gasteiger partial charge < -0.3 is 13.9 Å². The van der Waals surface area contributed by atoms with Gasteiger partial charge in [-0.05, 0) is 55.5 Å². The summed E-state index contributed by atoms with van der Waals surface area (Å²) >= 11 is 0. The van der Waals surface area contributed by atoms with Gasteiger partial charge in [0.05, 0.1) is 17.3 Å². The lowest BCUT2D eigenvalue weighted by molar-refractivity contribution is -0.119. The standard InChI is InChI=1S/C23H21N3O2/c1-2-25(18-9-4-3-5-10-18)23(27)17-26-21-13-7-6-12-20(21)24-22(26)15-14-19-11-8-16-28-19/h3-16H,2,17H2,1H3/b15-14+. The maximum Gasteiger partial charge on any atom is 0.246 e. The predicted molar refractivity (Wildman–Crippen MR) is 112 cm³/mol. The number of hydrogen-bond donors (Lipinski definition) is 0. The van der Waals surface area contributed by atoms with E-state index in [-0.39, 0.29) is 12.5 Å². The largest absolute Gasteiger partial charge is 0.465 e. The summed E-state index contributed by atoms with van der Waals surface area (Å²) < 4.78 is 7.31. The number of rotatable bonds is 6. The Morgan fingerprint density at radius 2 is 1.82 bits per heavy atom. The predicted octanol–water partition coefficient (Wildman–Crippen LogP) is 4.85. The summed E-state index contributed by atoms with van der Waals surface area (Å²) in [6, 6.07) is 21.3. The first-order chi connectivity index (χ1) is 13.8. The molecule has 2 heterocycles. The molecule has 2 aromatic heterocycles. The summed E-state index contributed by atoms with van der Waals surface area (Å²) in [5.41, 5.74) is 2.68. The highest BCUT2D eigenvalue weighted by Gasteiger charge is 2.17. The quantitative estimate of drug-likeness (QED) is 0.487. The molecule has 4 rings (SSSR count). The third-order valence-electron chi connectivity index (χ3n) is 4.60. The van der Waals surface area contributed by atoms with Crippen LogP contribution in [0, 0.1) is 0 Å². The van der Waals surface area contributed by atoms with E-state index in [9.17, 15) is 4.79 Å². The molecule has 0 unspecified atom stereocenters. The molecule has 0 aliphatic heterocycles. The van der Waals surface area contributed by atoms with Crippen LogP contribution in [0.3, 0.4) is 0 Å². The van der Waals surface area contributed by atoms with Gasteiger partial charge in [-0.1, -0.05) is 30.3 Å². The maximum absolute atomic E-state index is 13.1. The fraction of sp³-hybridized carbons (Fsp3) is 0.130. The molecule has 1 amide bonds. The SMILES string of the molecule is CCN(C(=O)Cn1c(/C=C/c2ccco2)nc2ccccc21)c1ccccc1. The van der Waals surface area contributed by atoms with Gasteiger partial charge in [0.1, 0.15) is 18.1 Å². The van der Waals surface area contributed by atoms with Crippen LogP contribution >= 0.6 is 0 Å². The van der Waals surface area contributed by atoms with Crippen LogP contribution in [0.1, 0.15) is 18.5 Å². The number of furan rings is 1. The second-order valence-corrected chi connectivity index (χ2v) is 6.37. The molecule has 0 N–H and O–H groups in total. The van der Waals surface area contributed by atoms with Crippen molar-refractivity contribution in [2.24, 2.45) is 0 Å². The van der Waals surface area contributed by atoms with E-state index in [1.807, 2.05) is 90.4 Å². The number of nitrogens with zero attached hydrogens (tertiary/aromatic N) is 3. The highest BCUT2D eigenvalue weighted by atomic mass is 16.3. The van der Waals surface area contributed by atoms with Crippen molar-refractivity contribution in [1.82, 2.24) is 9.55 Å². The van der Waals surface area contributed by atoms with Gasteiger partial charge in [-0.2, -0.15) is 0 Å². The Hall–Kier alpha value is -3.60. The lowest BCUT2D eigenvalue weighted by Crippen LogP contribution is -2.33. The zero-order chi connectivity index (χ0) is 19.3. The van der Waals surface area contributed by atoms with Crippen LogP contribution in [0.4, 0.5) is 5.69 Å². The van der Waals surface area contributed by atoms with E-state index in [0.717, 1.165) is 28.3 Å². The van der Waals surface area contributed by atoms with Crippen LogP contribution < -0.4 is 4.90 Å². The highest BCUT2D eigenvalue weighted by molar-refractivity contribution is 5.94. The summed E-state index contributed by atoms with van der Waals surface area (Å²) in [4.78, 5) is 19.6. The van der Waals surface area contributed by atoms with Gasteiger partial charge in [0.15, 0.2) is 0 Å². The fourth-order valence-electron chi connectivity index (χ4n) is 3.26. The van der Waals surface area contributed by atoms with Crippen LogP contribution in [0.25, 0.3) is 23.2 Å². The lowest BCUT2D eigenvalue weighted by atomic mass is 10.2. The van der Waals surface area contributed by atoms with Crippen molar-refractivity contribution in [3.8, 4) is 0 Å². The van der Waals surface area contributed by atoms with Gasteiger partial charge >= 0.3 is 0 Å². The van der Waals surface area contributed by atoms with Crippen molar-refractivity contribution >= 4 is 34.8 Å². The molecule has 4 aromatic rings. The minimum Gasteiger partial charge on any atom is -0.465 e. The molecule has 2 aromatic carbocycles. The van der Waals surface area contributed by atoms with E-state index in [0.29, 0.717) is 6.54 Å². The zero-order valence-electron chi connectivity index (χ0n) is 15.7. The number of benzene rings is 2. The molecule has 5 heteroatoms. The minimum absolute atomic E-state index is 0.0181. The number of fused-ring (bicyclic) bond motifs is 1. The number of carbonyl (C=O) groups is 1. The molecule has 28 heavy (non-hydrogen) atoms. The number of carbonyl (C=O) groups excluding carboxylic acids is 1. The van der Waals surface area contributed by atoms with Crippen LogP contribution in [0.5, 0.6) is 0 Å². The first kappa shape index (κ1) is 17.8. The molecule has 0 saturated heterocycles. The van der Waals surface area contributed by atoms with E-state index < -0.39 is 0 Å². The smallest absolute Gasteiger partial charge is 0.246 e.